The summed E-state index contributed by atoms with van der Waals surface area (Å²) in [5.74, 6) is 0. The molecule has 5 nitrogen and oxygen atoms in total. The molecule has 0 aromatic heterocycles. The van der Waals surface area contributed by atoms with E-state index in [9.17, 15) is 9.13 Å². The van der Waals surface area contributed by atoms with E-state index >= 15 is 0 Å². The molecule has 0 saturated heterocycles. The van der Waals surface area contributed by atoms with E-state index in [0.717, 1.165) is 12.8 Å². The molecule has 0 aliphatic rings. The molecule has 0 aromatic carbocycles. The van der Waals surface area contributed by atoms with E-state index in [-0.39, 0.29) is 13.2 Å². The molecule has 0 bridgehead atoms. The molecule has 7 heteroatoms. The molecule has 0 N–H and O–H groups in total. The molecule has 0 spiro atoms. The maximum Gasteiger partial charge on any atom is 0.343 e. The molecule has 0 aliphatic heterocycles. The molecule has 0 heterocycles. The number of hydrogen-bond donors (Lipinski definition) is 0. The van der Waals surface area contributed by atoms with Gasteiger partial charge in [0.2, 0.25) is 7.37 Å². The number of rotatable bonds is 13. The van der Waals surface area contributed by atoms with Crippen molar-refractivity contribution in [1.82, 2.24) is 0 Å². The van der Waals surface area contributed by atoms with Crippen LogP contribution in [-0.4, -0.2) is 31.9 Å². The van der Waals surface area contributed by atoms with Crippen LogP contribution in [-0.2, 0) is 22.7 Å². The van der Waals surface area contributed by atoms with Gasteiger partial charge in [-0.1, -0.05) is 23.3 Å². The lowest BCUT2D eigenvalue weighted by molar-refractivity contribution is 0.215. The third-order valence-electron chi connectivity index (χ3n) is 3.68. The van der Waals surface area contributed by atoms with Gasteiger partial charge in [-0.25, -0.2) is 0 Å². The molecule has 2 atom stereocenters. The van der Waals surface area contributed by atoms with Crippen LogP contribution in [0.2, 0.25) is 0 Å². The Morgan fingerprint density at radius 2 is 1.44 bits per heavy atom. The molecule has 148 valence electrons. The Morgan fingerprint density at radius 1 is 0.920 bits per heavy atom. The molecule has 2 unspecified atom stereocenters. The molecular weight excluding hydrogens is 358 g/mol. The lowest BCUT2D eigenvalue weighted by Crippen LogP contribution is -2.15. The minimum atomic E-state index is -3.52. The predicted octanol–water partition coefficient (Wildman–Crippen LogP) is 6.61. The summed E-state index contributed by atoms with van der Waals surface area (Å²) < 4.78 is 42.6. The molecule has 0 fully saturated rings. The van der Waals surface area contributed by atoms with Crippen molar-refractivity contribution in [3.05, 3.63) is 23.3 Å². The Morgan fingerprint density at radius 3 is 1.88 bits per heavy atom. The van der Waals surface area contributed by atoms with Crippen molar-refractivity contribution >= 4 is 15.0 Å². The first-order chi connectivity index (χ1) is 11.6. The summed E-state index contributed by atoms with van der Waals surface area (Å²) in [7, 11) is -6.67. The number of hydrogen-bond acceptors (Lipinski definition) is 5. The normalized spacial score (nSPS) is 16.4. The average molecular weight is 394 g/mol. The topological polar surface area (TPSA) is 61.8 Å². The second-order valence-corrected chi connectivity index (χ2v) is 11.6. The molecule has 0 amide bonds. The quantitative estimate of drug-likeness (QED) is 0.260. The molecule has 0 radical (unpaired) electrons. The maximum atomic E-state index is 13.2. The Kier molecular flexibility index (Phi) is 12.2. The highest BCUT2D eigenvalue weighted by atomic mass is 31.2. The molecule has 0 saturated carbocycles. The summed E-state index contributed by atoms with van der Waals surface area (Å²) >= 11 is 0. The summed E-state index contributed by atoms with van der Waals surface area (Å²) in [6.07, 6.45) is 6.40. The SMILES string of the molecule is CCOP(C)(=O)C(C/C=C(\C)CCC=C(C)C)P(=O)(OCC)OCC. The zero-order valence-corrected chi connectivity index (χ0v) is 18.7. The van der Waals surface area contributed by atoms with E-state index in [1.807, 2.05) is 13.0 Å². The van der Waals surface area contributed by atoms with Gasteiger partial charge in [-0.05, 0) is 60.8 Å². The van der Waals surface area contributed by atoms with Crippen LogP contribution in [0, 0.1) is 0 Å². The van der Waals surface area contributed by atoms with Crippen LogP contribution in [0.5, 0.6) is 0 Å². The minimum absolute atomic E-state index is 0.239. The standard InChI is InChI=1S/C18H36O5P2/c1-8-21-24(7,19)18(25(20,22-9-2)23-10-3)15-14-17(6)13-11-12-16(4)5/h12,14,18H,8-11,13,15H2,1-7H3/b17-14+. The van der Waals surface area contributed by atoms with Gasteiger partial charge in [-0.3, -0.25) is 9.13 Å². The van der Waals surface area contributed by atoms with Crippen molar-refractivity contribution in [2.45, 2.75) is 66.2 Å². The molecule has 0 aliphatic carbocycles. The fourth-order valence-electron chi connectivity index (χ4n) is 2.49. The predicted molar refractivity (Wildman–Crippen MR) is 107 cm³/mol. The summed E-state index contributed by atoms with van der Waals surface area (Å²) in [4.78, 5) is 0. The van der Waals surface area contributed by atoms with Crippen LogP contribution in [0.3, 0.4) is 0 Å². The van der Waals surface area contributed by atoms with E-state index in [0.29, 0.717) is 13.0 Å². The average Bonchev–Trinajstić information content (AvgIpc) is 2.46. The van der Waals surface area contributed by atoms with Crippen molar-refractivity contribution in [2.75, 3.05) is 26.5 Å². The molecule has 0 rings (SSSR count). The first-order valence-electron chi connectivity index (χ1n) is 9.02. The highest BCUT2D eigenvalue weighted by Crippen LogP contribution is 2.69. The van der Waals surface area contributed by atoms with Crippen molar-refractivity contribution < 1.29 is 22.7 Å². The van der Waals surface area contributed by atoms with Gasteiger partial charge in [-0.15, -0.1) is 0 Å². The van der Waals surface area contributed by atoms with Gasteiger partial charge in [0.1, 0.15) is 5.40 Å². The Bertz CT molecular complexity index is 526. The molecule has 0 aromatic rings. The monoisotopic (exact) mass is 394 g/mol. The lowest BCUT2D eigenvalue weighted by atomic mass is 10.1. The largest absolute Gasteiger partial charge is 0.343 e. The summed E-state index contributed by atoms with van der Waals surface area (Å²) in [6, 6.07) is 0. The lowest BCUT2D eigenvalue weighted by Gasteiger charge is -2.29. The third-order valence-corrected chi connectivity index (χ3v) is 10.0. The van der Waals surface area contributed by atoms with Gasteiger partial charge in [-0.2, -0.15) is 0 Å². The maximum absolute atomic E-state index is 13.2. The highest BCUT2D eigenvalue weighted by molar-refractivity contribution is 7.74. The summed E-state index contributed by atoms with van der Waals surface area (Å²) in [6.45, 7) is 13.8. The zero-order chi connectivity index (χ0) is 19.5. The molecular formula is C18H36O5P2. The summed E-state index contributed by atoms with van der Waals surface area (Å²) in [5.41, 5.74) is 2.45. The van der Waals surface area contributed by atoms with Crippen LogP contribution < -0.4 is 0 Å². The van der Waals surface area contributed by atoms with Gasteiger partial charge >= 0.3 is 7.60 Å². The zero-order valence-electron chi connectivity index (χ0n) is 16.9. The van der Waals surface area contributed by atoms with Gasteiger partial charge < -0.3 is 13.6 Å². The van der Waals surface area contributed by atoms with E-state index in [1.54, 1.807) is 20.8 Å². The van der Waals surface area contributed by atoms with Crippen LogP contribution in [0.25, 0.3) is 0 Å². The fraction of sp³-hybridized carbons (Fsp3) is 0.778. The smallest absolute Gasteiger partial charge is 0.328 e. The third kappa shape index (κ3) is 9.35. The second kappa shape index (κ2) is 12.3. The van der Waals surface area contributed by atoms with E-state index in [4.69, 9.17) is 13.6 Å². The first kappa shape index (κ1) is 24.8. The first-order valence-corrected chi connectivity index (χ1v) is 12.8. The Labute approximate surface area is 154 Å². The minimum Gasteiger partial charge on any atom is -0.328 e. The van der Waals surface area contributed by atoms with Gasteiger partial charge in [0, 0.05) is 6.66 Å². The van der Waals surface area contributed by atoms with Crippen LogP contribution in [0.15, 0.2) is 23.3 Å². The van der Waals surface area contributed by atoms with E-state index in [1.165, 1.54) is 17.8 Å². The van der Waals surface area contributed by atoms with Crippen molar-refractivity contribution in [1.29, 1.82) is 0 Å². The van der Waals surface area contributed by atoms with Crippen LogP contribution in [0.1, 0.15) is 60.8 Å². The van der Waals surface area contributed by atoms with Crippen molar-refractivity contribution in [3.8, 4) is 0 Å². The van der Waals surface area contributed by atoms with Gasteiger partial charge in [0.05, 0.1) is 19.8 Å². The Hall–Kier alpha value is -0.180. The number of allylic oxidation sites excluding steroid dienone is 4. The van der Waals surface area contributed by atoms with E-state index < -0.39 is 20.4 Å². The highest BCUT2D eigenvalue weighted by Gasteiger charge is 2.45. The van der Waals surface area contributed by atoms with Crippen molar-refractivity contribution in [3.63, 3.8) is 0 Å². The van der Waals surface area contributed by atoms with Crippen molar-refractivity contribution in [2.24, 2.45) is 0 Å². The summed E-state index contributed by atoms with van der Waals surface area (Å²) in [5, 5.41) is -0.779. The van der Waals surface area contributed by atoms with Crippen LogP contribution >= 0.6 is 15.0 Å². The Balaban J connectivity index is 5.43. The van der Waals surface area contributed by atoms with Crippen LogP contribution in [0.4, 0.5) is 0 Å². The second-order valence-electron chi connectivity index (χ2n) is 6.29. The van der Waals surface area contributed by atoms with Gasteiger partial charge in [0.25, 0.3) is 0 Å². The van der Waals surface area contributed by atoms with E-state index in [2.05, 4.69) is 19.9 Å². The van der Waals surface area contributed by atoms with Gasteiger partial charge in [0.15, 0.2) is 0 Å². The fourth-order valence-corrected chi connectivity index (χ4v) is 7.82. The molecule has 25 heavy (non-hydrogen) atoms.